The number of hydrogen-bond donors (Lipinski definition) is 3. The van der Waals surface area contributed by atoms with Crippen LogP contribution in [0.25, 0.3) is 0 Å². The van der Waals surface area contributed by atoms with Crippen molar-refractivity contribution in [2.24, 2.45) is 5.92 Å². The molecule has 0 spiro atoms. The van der Waals surface area contributed by atoms with Crippen molar-refractivity contribution in [3.8, 4) is 0 Å². The van der Waals surface area contributed by atoms with Crippen LogP contribution in [0.4, 0.5) is 0 Å². The van der Waals surface area contributed by atoms with Crippen molar-refractivity contribution in [1.82, 2.24) is 10.6 Å². The molecule has 15 heavy (non-hydrogen) atoms. The van der Waals surface area contributed by atoms with Gasteiger partial charge in [0.05, 0.1) is 6.10 Å². The number of rotatable bonds is 4. The normalized spacial score (nSPS) is 37.0. The highest BCUT2D eigenvalue weighted by Gasteiger charge is 2.22. The number of aliphatic hydroxyl groups is 1. The molecule has 1 aliphatic heterocycles. The van der Waals surface area contributed by atoms with Crippen LogP contribution in [0.2, 0.25) is 0 Å². The molecule has 3 nitrogen and oxygen atoms in total. The molecule has 0 aromatic carbocycles. The van der Waals surface area contributed by atoms with Gasteiger partial charge >= 0.3 is 0 Å². The zero-order valence-electron chi connectivity index (χ0n) is 9.54. The van der Waals surface area contributed by atoms with Crippen LogP contribution in [-0.4, -0.2) is 36.9 Å². The van der Waals surface area contributed by atoms with E-state index in [2.05, 4.69) is 10.6 Å². The highest BCUT2D eigenvalue weighted by Crippen LogP contribution is 2.24. The number of nitrogens with one attached hydrogen (secondary N) is 2. The minimum atomic E-state index is -0.0235. The predicted octanol–water partition coefficient (Wildman–Crippen LogP) is 0.879. The van der Waals surface area contributed by atoms with Crippen molar-refractivity contribution in [3.05, 3.63) is 0 Å². The molecule has 2 fully saturated rings. The van der Waals surface area contributed by atoms with Crippen LogP contribution in [0.15, 0.2) is 0 Å². The smallest absolute Gasteiger partial charge is 0.0543 e. The fourth-order valence-corrected chi connectivity index (χ4v) is 2.79. The Morgan fingerprint density at radius 2 is 2.07 bits per heavy atom. The molecular formula is C12H24N2O. The lowest BCUT2D eigenvalue weighted by Crippen LogP contribution is -2.42. The Kier molecular flexibility index (Phi) is 4.42. The van der Waals surface area contributed by atoms with Crippen molar-refractivity contribution in [2.45, 2.75) is 50.7 Å². The Morgan fingerprint density at radius 1 is 1.13 bits per heavy atom. The van der Waals surface area contributed by atoms with E-state index in [0.717, 1.165) is 25.9 Å². The molecule has 3 atom stereocenters. The number of hydrogen-bond acceptors (Lipinski definition) is 3. The van der Waals surface area contributed by atoms with Gasteiger partial charge in [-0.15, -0.1) is 0 Å². The third-order valence-electron chi connectivity index (χ3n) is 3.75. The number of piperidine rings is 1. The monoisotopic (exact) mass is 212 g/mol. The Morgan fingerprint density at radius 3 is 2.73 bits per heavy atom. The zero-order valence-corrected chi connectivity index (χ0v) is 9.54. The quantitative estimate of drug-likeness (QED) is 0.648. The summed E-state index contributed by atoms with van der Waals surface area (Å²) in [5.41, 5.74) is 0. The fraction of sp³-hybridized carbons (Fsp3) is 1.00. The first-order valence-electron chi connectivity index (χ1n) is 6.47. The topological polar surface area (TPSA) is 44.3 Å². The van der Waals surface area contributed by atoms with Gasteiger partial charge in [0.2, 0.25) is 0 Å². The number of aliphatic hydroxyl groups excluding tert-OH is 1. The van der Waals surface area contributed by atoms with E-state index in [1.807, 2.05) is 0 Å². The highest BCUT2D eigenvalue weighted by atomic mass is 16.3. The van der Waals surface area contributed by atoms with Gasteiger partial charge in [0.1, 0.15) is 0 Å². The lowest BCUT2D eigenvalue weighted by Gasteiger charge is -2.24. The second-order valence-electron chi connectivity index (χ2n) is 5.14. The van der Waals surface area contributed by atoms with E-state index in [4.69, 9.17) is 0 Å². The van der Waals surface area contributed by atoms with Crippen LogP contribution in [0.3, 0.4) is 0 Å². The second-order valence-corrected chi connectivity index (χ2v) is 5.14. The summed E-state index contributed by atoms with van der Waals surface area (Å²) in [5.74, 6) is 0.712. The largest absolute Gasteiger partial charge is 0.393 e. The minimum Gasteiger partial charge on any atom is -0.393 e. The molecule has 3 N–H and O–H groups in total. The first kappa shape index (κ1) is 11.4. The molecule has 3 heteroatoms. The first-order valence-corrected chi connectivity index (χ1v) is 6.47. The van der Waals surface area contributed by atoms with Crippen molar-refractivity contribution in [3.63, 3.8) is 0 Å². The minimum absolute atomic E-state index is 0.0235. The van der Waals surface area contributed by atoms with Crippen LogP contribution in [-0.2, 0) is 0 Å². The van der Waals surface area contributed by atoms with Crippen LogP contribution < -0.4 is 10.6 Å². The first-order chi connectivity index (χ1) is 7.34. The van der Waals surface area contributed by atoms with E-state index < -0.39 is 0 Å². The predicted molar refractivity (Wildman–Crippen MR) is 61.9 cm³/mol. The summed E-state index contributed by atoms with van der Waals surface area (Å²) in [7, 11) is 0. The van der Waals surface area contributed by atoms with Gasteiger partial charge < -0.3 is 15.7 Å². The fourth-order valence-electron chi connectivity index (χ4n) is 2.79. The van der Waals surface area contributed by atoms with Crippen LogP contribution in [0.5, 0.6) is 0 Å². The van der Waals surface area contributed by atoms with Gasteiger partial charge in [-0.05, 0) is 51.1 Å². The standard InChI is InChI=1S/C12H24N2O/c15-12-5-4-10(7-12)8-13-9-11-3-1-2-6-14-11/h10-15H,1-9H2. The van der Waals surface area contributed by atoms with E-state index >= 15 is 0 Å². The summed E-state index contributed by atoms with van der Waals surface area (Å²) in [5, 5.41) is 16.5. The van der Waals surface area contributed by atoms with Crippen molar-refractivity contribution < 1.29 is 5.11 Å². The van der Waals surface area contributed by atoms with Gasteiger partial charge in [-0.2, -0.15) is 0 Å². The summed E-state index contributed by atoms with van der Waals surface area (Å²) in [6.45, 7) is 3.39. The molecule has 88 valence electrons. The Balaban J connectivity index is 1.54. The Labute approximate surface area is 92.6 Å². The molecule has 3 unspecified atom stereocenters. The highest BCUT2D eigenvalue weighted by molar-refractivity contribution is 4.78. The van der Waals surface area contributed by atoms with Crippen molar-refractivity contribution in [1.29, 1.82) is 0 Å². The van der Waals surface area contributed by atoms with E-state index in [0.29, 0.717) is 12.0 Å². The maximum atomic E-state index is 9.41. The van der Waals surface area contributed by atoms with E-state index in [9.17, 15) is 5.11 Å². The van der Waals surface area contributed by atoms with Crippen LogP contribution >= 0.6 is 0 Å². The maximum absolute atomic E-state index is 9.41. The van der Waals surface area contributed by atoms with E-state index in [1.54, 1.807) is 0 Å². The van der Waals surface area contributed by atoms with Crippen molar-refractivity contribution in [2.75, 3.05) is 19.6 Å². The average molecular weight is 212 g/mol. The maximum Gasteiger partial charge on any atom is 0.0543 e. The summed E-state index contributed by atoms with van der Waals surface area (Å²) in [6.07, 6.45) is 7.22. The molecule has 0 radical (unpaired) electrons. The SMILES string of the molecule is OC1CCC(CNCC2CCCCN2)C1. The van der Waals surface area contributed by atoms with E-state index in [1.165, 1.54) is 32.2 Å². The Bertz CT molecular complexity index is 176. The third kappa shape index (κ3) is 3.74. The van der Waals surface area contributed by atoms with Crippen molar-refractivity contribution >= 4 is 0 Å². The lowest BCUT2D eigenvalue weighted by atomic mass is 10.0. The molecule has 0 aromatic heterocycles. The molecule has 0 aromatic rings. The molecule has 1 saturated heterocycles. The summed E-state index contributed by atoms with van der Waals surface area (Å²) >= 11 is 0. The Hall–Kier alpha value is -0.120. The van der Waals surface area contributed by atoms with Gasteiger partial charge in [-0.3, -0.25) is 0 Å². The van der Waals surface area contributed by atoms with Gasteiger partial charge in [0.15, 0.2) is 0 Å². The van der Waals surface area contributed by atoms with Gasteiger partial charge in [-0.1, -0.05) is 6.42 Å². The van der Waals surface area contributed by atoms with Gasteiger partial charge in [-0.25, -0.2) is 0 Å². The third-order valence-corrected chi connectivity index (χ3v) is 3.75. The molecule has 0 bridgehead atoms. The molecule has 1 saturated carbocycles. The molecule has 1 heterocycles. The van der Waals surface area contributed by atoms with Crippen LogP contribution in [0, 0.1) is 5.92 Å². The molecule has 1 aliphatic carbocycles. The van der Waals surface area contributed by atoms with E-state index in [-0.39, 0.29) is 6.10 Å². The summed E-state index contributed by atoms with van der Waals surface area (Å²) < 4.78 is 0. The molecule has 2 aliphatic rings. The zero-order chi connectivity index (χ0) is 10.5. The summed E-state index contributed by atoms with van der Waals surface area (Å²) in [6, 6.07) is 0.685. The van der Waals surface area contributed by atoms with Gasteiger partial charge in [0.25, 0.3) is 0 Å². The van der Waals surface area contributed by atoms with Crippen LogP contribution in [0.1, 0.15) is 38.5 Å². The molecule has 0 amide bonds. The molecule has 2 rings (SSSR count). The molecular weight excluding hydrogens is 188 g/mol. The summed E-state index contributed by atoms with van der Waals surface area (Å²) in [4.78, 5) is 0. The lowest BCUT2D eigenvalue weighted by molar-refractivity contribution is 0.177. The average Bonchev–Trinajstić information content (AvgIpc) is 2.66. The second kappa shape index (κ2) is 5.83. The van der Waals surface area contributed by atoms with Gasteiger partial charge in [0, 0.05) is 12.6 Å².